The van der Waals surface area contributed by atoms with Crippen molar-refractivity contribution in [2.75, 3.05) is 11.9 Å². The number of benzene rings is 2. The fraction of sp³-hybridized carbons (Fsp3) is 0.429. The number of nitrogens with one attached hydrogen (secondary N) is 1. The van der Waals surface area contributed by atoms with Gasteiger partial charge in [0, 0.05) is 12.2 Å². The molecule has 0 aliphatic heterocycles. The predicted octanol–water partition coefficient (Wildman–Crippen LogP) is 5.42. The molecule has 132 valence electrons. The van der Waals surface area contributed by atoms with Crippen molar-refractivity contribution in [1.29, 1.82) is 0 Å². The molecule has 0 amide bonds. The quantitative estimate of drug-likeness (QED) is 0.530. The van der Waals surface area contributed by atoms with Crippen molar-refractivity contribution in [2.45, 2.75) is 52.0 Å². The van der Waals surface area contributed by atoms with Crippen LogP contribution in [0.3, 0.4) is 0 Å². The summed E-state index contributed by atoms with van der Waals surface area (Å²) in [4.78, 5) is 0. The number of unbranched alkanes of at least 4 members (excludes halogenated alkanes) is 2. The highest BCUT2D eigenvalue weighted by Gasteiger charge is 2.20. The van der Waals surface area contributed by atoms with Gasteiger partial charge in [0.1, 0.15) is 5.52 Å². The van der Waals surface area contributed by atoms with Gasteiger partial charge in [0.05, 0.1) is 11.6 Å². The molecule has 0 bridgehead atoms. The molecule has 1 unspecified atom stereocenters. The minimum Gasteiger partial charge on any atom is -0.385 e. The Labute approximate surface area is 150 Å². The standard InChI is InChI=1S/C21H28N4/c1-3-5-14-20(25-21-15-10-9-13-19(21)23-24-25)17-11-7-8-12-18(17)22-16-6-4-2/h7-13,15,20,22H,3-6,14,16H2,1-2H3. The zero-order chi connectivity index (χ0) is 17.5. The van der Waals surface area contributed by atoms with Crippen molar-refractivity contribution in [3.63, 3.8) is 0 Å². The van der Waals surface area contributed by atoms with Gasteiger partial charge in [-0.1, -0.05) is 68.7 Å². The van der Waals surface area contributed by atoms with Gasteiger partial charge in [0.25, 0.3) is 0 Å². The molecule has 1 atom stereocenters. The van der Waals surface area contributed by atoms with Crippen molar-refractivity contribution in [2.24, 2.45) is 0 Å². The van der Waals surface area contributed by atoms with Crippen LogP contribution in [0.5, 0.6) is 0 Å². The number of hydrogen-bond acceptors (Lipinski definition) is 3. The molecule has 0 aliphatic rings. The Bertz CT molecular complexity index is 793. The lowest BCUT2D eigenvalue weighted by Crippen LogP contribution is -2.15. The molecule has 0 fully saturated rings. The molecule has 3 aromatic rings. The van der Waals surface area contributed by atoms with Crippen LogP contribution < -0.4 is 5.32 Å². The van der Waals surface area contributed by atoms with Gasteiger partial charge in [0.15, 0.2) is 0 Å². The molecule has 0 saturated carbocycles. The Morgan fingerprint density at radius 2 is 1.72 bits per heavy atom. The molecule has 0 radical (unpaired) electrons. The van der Waals surface area contributed by atoms with Crippen molar-refractivity contribution in [1.82, 2.24) is 15.0 Å². The van der Waals surface area contributed by atoms with E-state index in [0.717, 1.165) is 24.0 Å². The summed E-state index contributed by atoms with van der Waals surface area (Å²) in [6, 6.07) is 17.1. The van der Waals surface area contributed by atoms with E-state index in [1.807, 2.05) is 12.1 Å². The normalized spacial score (nSPS) is 12.4. The van der Waals surface area contributed by atoms with Crippen molar-refractivity contribution in [3.8, 4) is 0 Å². The third-order valence-corrected chi connectivity index (χ3v) is 4.67. The molecule has 0 saturated heterocycles. The first kappa shape index (κ1) is 17.5. The molecule has 25 heavy (non-hydrogen) atoms. The van der Waals surface area contributed by atoms with E-state index >= 15 is 0 Å². The monoisotopic (exact) mass is 336 g/mol. The first-order valence-electron chi connectivity index (χ1n) is 9.47. The number of anilines is 1. The summed E-state index contributed by atoms with van der Waals surface area (Å²) in [5.41, 5.74) is 4.59. The Morgan fingerprint density at radius 3 is 2.56 bits per heavy atom. The smallest absolute Gasteiger partial charge is 0.113 e. The van der Waals surface area contributed by atoms with Crippen LogP contribution in [0.25, 0.3) is 11.0 Å². The van der Waals surface area contributed by atoms with Crippen LogP contribution >= 0.6 is 0 Å². The molecular weight excluding hydrogens is 308 g/mol. The summed E-state index contributed by atoms with van der Waals surface area (Å²) >= 11 is 0. The molecule has 4 heteroatoms. The lowest BCUT2D eigenvalue weighted by atomic mass is 9.99. The Kier molecular flexibility index (Phi) is 6.04. The molecule has 3 rings (SSSR count). The Balaban J connectivity index is 1.99. The van der Waals surface area contributed by atoms with Gasteiger partial charge in [-0.2, -0.15) is 0 Å². The average molecular weight is 336 g/mol. The molecular formula is C21H28N4. The Morgan fingerprint density at radius 1 is 0.960 bits per heavy atom. The molecule has 0 spiro atoms. The van der Waals surface area contributed by atoms with Gasteiger partial charge < -0.3 is 5.32 Å². The number of fused-ring (bicyclic) bond motifs is 1. The van der Waals surface area contributed by atoms with E-state index in [1.165, 1.54) is 36.9 Å². The summed E-state index contributed by atoms with van der Waals surface area (Å²) in [7, 11) is 0. The molecule has 4 nitrogen and oxygen atoms in total. The topological polar surface area (TPSA) is 42.7 Å². The van der Waals surface area contributed by atoms with Crippen LogP contribution in [-0.2, 0) is 0 Å². The second-order valence-electron chi connectivity index (χ2n) is 6.55. The lowest BCUT2D eigenvalue weighted by molar-refractivity contribution is 0.473. The number of para-hydroxylation sites is 2. The van der Waals surface area contributed by atoms with Crippen molar-refractivity contribution >= 4 is 16.7 Å². The van der Waals surface area contributed by atoms with Crippen molar-refractivity contribution < 1.29 is 0 Å². The average Bonchev–Trinajstić information content (AvgIpc) is 3.07. The van der Waals surface area contributed by atoms with Gasteiger partial charge in [-0.25, -0.2) is 4.68 Å². The summed E-state index contributed by atoms with van der Waals surface area (Å²) in [6.07, 6.45) is 5.79. The maximum Gasteiger partial charge on any atom is 0.113 e. The summed E-state index contributed by atoms with van der Waals surface area (Å²) in [5.74, 6) is 0. The fourth-order valence-electron chi connectivity index (χ4n) is 3.27. The summed E-state index contributed by atoms with van der Waals surface area (Å²) < 4.78 is 2.10. The van der Waals surface area contributed by atoms with Crippen LogP contribution in [0.4, 0.5) is 5.69 Å². The third-order valence-electron chi connectivity index (χ3n) is 4.67. The van der Waals surface area contributed by atoms with Crippen LogP contribution in [0.1, 0.15) is 57.6 Å². The second kappa shape index (κ2) is 8.65. The van der Waals surface area contributed by atoms with Gasteiger partial charge in [0.2, 0.25) is 0 Å². The summed E-state index contributed by atoms with van der Waals surface area (Å²) in [5, 5.41) is 12.5. The maximum atomic E-state index is 4.50. The van der Waals surface area contributed by atoms with Crippen LogP contribution in [-0.4, -0.2) is 21.5 Å². The zero-order valence-electron chi connectivity index (χ0n) is 15.3. The van der Waals surface area contributed by atoms with E-state index in [4.69, 9.17) is 0 Å². The van der Waals surface area contributed by atoms with Crippen molar-refractivity contribution in [3.05, 3.63) is 54.1 Å². The lowest BCUT2D eigenvalue weighted by Gasteiger charge is -2.22. The van der Waals surface area contributed by atoms with Gasteiger partial charge in [-0.05, 0) is 36.6 Å². The van der Waals surface area contributed by atoms with E-state index in [0.29, 0.717) is 0 Å². The summed E-state index contributed by atoms with van der Waals surface area (Å²) in [6.45, 7) is 5.47. The number of nitrogens with zero attached hydrogens (tertiary/aromatic N) is 3. The number of hydrogen-bond donors (Lipinski definition) is 1. The fourth-order valence-corrected chi connectivity index (χ4v) is 3.27. The highest BCUT2D eigenvalue weighted by Crippen LogP contribution is 2.31. The first-order valence-corrected chi connectivity index (χ1v) is 9.47. The maximum absolute atomic E-state index is 4.50. The number of aromatic nitrogens is 3. The minimum absolute atomic E-state index is 0.206. The van der Waals surface area contributed by atoms with E-state index in [2.05, 4.69) is 70.6 Å². The third kappa shape index (κ3) is 4.01. The van der Waals surface area contributed by atoms with Crippen LogP contribution in [0.2, 0.25) is 0 Å². The highest BCUT2D eigenvalue weighted by atomic mass is 15.4. The van der Waals surface area contributed by atoms with Crippen LogP contribution in [0.15, 0.2) is 48.5 Å². The molecule has 2 aromatic carbocycles. The molecule has 1 N–H and O–H groups in total. The molecule has 1 heterocycles. The van der Waals surface area contributed by atoms with E-state index < -0.39 is 0 Å². The molecule has 1 aromatic heterocycles. The van der Waals surface area contributed by atoms with Gasteiger partial charge >= 0.3 is 0 Å². The second-order valence-corrected chi connectivity index (χ2v) is 6.55. The highest BCUT2D eigenvalue weighted by molar-refractivity contribution is 5.74. The first-order chi connectivity index (χ1) is 12.3. The molecule has 0 aliphatic carbocycles. The van der Waals surface area contributed by atoms with Gasteiger partial charge in [-0.3, -0.25) is 0 Å². The Hall–Kier alpha value is -2.36. The van der Waals surface area contributed by atoms with E-state index in [9.17, 15) is 0 Å². The zero-order valence-corrected chi connectivity index (χ0v) is 15.3. The largest absolute Gasteiger partial charge is 0.385 e. The number of rotatable bonds is 9. The van der Waals surface area contributed by atoms with Crippen LogP contribution in [0, 0.1) is 0 Å². The predicted molar refractivity (Wildman–Crippen MR) is 105 cm³/mol. The van der Waals surface area contributed by atoms with Gasteiger partial charge in [-0.15, -0.1) is 5.10 Å². The SMILES string of the molecule is CCCCNc1ccccc1C(CCCC)n1nnc2ccccc21. The van der Waals surface area contributed by atoms with E-state index in [1.54, 1.807) is 0 Å². The minimum atomic E-state index is 0.206. The van der Waals surface area contributed by atoms with E-state index in [-0.39, 0.29) is 6.04 Å².